The summed E-state index contributed by atoms with van der Waals surface area (Å²) < 4.78 is 5.68. The predicted octanol–water partition coefficient (Wildman–Crippen LogP) is 2.06. The summed E-state index contributed by atoms with van der Waals surface area (Å²) in [4.78, 5) is 4.00. The topological polar surface area (TPSA) is 45.9 Å². The van der Waals surface area contributed by atoms with Crippen LogP contribution in [0.2, 0.25) is 0 Å². The van der Waals surface area contributed by atoms with E-state index in [1.165, 1.54) is 0 Å². The van der Waals surface area contributed by atoms with Crippen molar-refractivity contribution in [2.45, 2.75) is 32.3 Å². The van der Waals surface area contributed by atoms with Crippen LogP contribution in [0.25, 0.3) is 0 Å². The molecule has 0 bridgehead atoms. The summed E-state index contributed by atoms with van der Waals surface area (Å²) >= 11 is 0. The van der Waals surface area contributed by atoms with Gasteiger partial charge in [-0.05, 0) is 30.9 Å². The first-order valence-electron chi connectivity index (χ1n) is 4.89. The Bertz CT molecular complexity index is 377. The molecule has 0 amide bonds. The Labute approximate surface area is 83.3 Å². The first kappa shape index (κ1) is 9.01. The highest BCUT2D eigenvalue weighted by Gasteiger charge is 2.26. The van der Waals surface area contributed by atoms with Crippen molar-refractivity contribution in [3.63, 3.8) is 0 Å². The minimum atomic E-state index is 0.316. The van der Waals surface area contributed by atoms with Crippen LogP contribution >= 0.6 is 0 Å². The Morgan fingerprint density at radius 2 is 2.43 bits per heavy atom. The van der Waals surface area contributed by atoms with E-state index in [0.29, 0.717) is 17.5 Å². The van der Waals surface area contributed by atoms with E-state index in [4.69, 9.17) is 10.00 Å². The Hall–Kier alpha value is -1.56. The maximum Gasteiger partial charge on any atom is 0.182 e. The van der Waals surface area contributed by atoms with Crippen molar-refractivity contribution in [2.75, 3.05) is 0 Å². The van der Waals surface area contributed by atoms with E-state index in [-0.39, 0.29) is 0 Å². The van der Waals surface area contributed by atoms with E-state index in [1.54, 1.807) is 6.20 Å². The fourth-order valence-corrected chi connectivity index (χ4v) is 1.33. The fraction of sp³-hybridized carbons (Fsp3) is 0.455. The molecule has 3 heteroatoms. The molecule has 14 heavy (non-hydrogen) atoms. The smallest absolute Gasteiger partial charge is 0.182 e. The maximum atomic E-state index is 8.88. The van der Waals surface area contributed by atoms with Crippen molar-refractivity contribution in [1.82, 2.24) is 4.98 Å². The quantitative estimate of drug-likeness (QED) is 0.729. The van der Waals surface area contributed by atoms with Crippen LogP contribution < -0.4 is 4.74 Å². The average molecular weight is 188 g/mol. The van der Waals surface area contributed by atoms with Gasteiger partial charge < -0.3 is 4.74 Å². The zero-order chi connectivity index (χ0) is 9.97. The molecular formula is C11H12N2O. The highest BCUT2D eigenvalue weighted by Crippen LogP contribution is 2.30. The molecule has 1 saturated carbocycles. The molecule has 0 radical (unpaired) electrons. The van der Waals surface area contributed by atoms with Crippen LogP contribution in [0.3, 0.4) is 0 Å². The number of nitriles is 1. The third kappa shape index (κ3) is 1.69. The van der Waals surface area contributed by atoms with Gasteiger partial charge in [0.05, 0.1) is 6.10 Å². The lowest BCUT2D eigenvalue weighted by atomic mass is 10.1. The molecule has 3 nitrogen and oxygen atoms in total. The molecule has 1 aromatic rings. The first-order chi connectivity index (χ1) is 6.85. The molecule has 0 N–H and O–H groups in total. The fourth-order valence-electron chi connectivity index (χ4n) is 1.33. The first-order valence-corrected chi connectivity index (χ1v) is 4.89. The number of aromatic nitrogens is 1. The van der Waals surface area contributed by atoms with Gasteiger partial charge in [-0.15, -0.1) is 0 Å². The molecule has 1 aliphatic rings. The molecule has 0 unspecified atom stereocenters. The van der Waals surface area contributed by atoms with Crippen molar-refractivity contribution in [3.8, 4) is 11.8 Å². The Morgan fingerprint density at radius 3 is 3.00 bits per heavy atom. The van der Waals surface area contributed by atoms with E-state index in [9.17, 15) is 0 Å². The number of aryl methyl sites for hydroxylation is 1. The molecule has 1 heterocycles. The summed E-state index contributed by atoms with van der Waals surface area (Å²) in [5.41, 5.74) is 1.49. The normalized spacial score (nSPS) is 14.9. The van der Waals surface area contributed by atoms with Gasteiger partial charge in [0.2, 0.25) is 0 Å². The molecule has 72 valence electrons. The monoisotopic (exact) mass is 188 g/mol. The van der Waals surface area contributed by atoms with Crippen molar-refractivity contribution < 1.29 is 4.74 Å². The van der Waals surface area contributed by atoms with Gasteiger partial charge in [-0.3, -0.25) is 0 Å². The van der Waals surface area contributed by atoms with Crippen LogP contribution in [-0.2, 0) is 6.42 Å². The zero-order valence-electron chi connectivity index (χ0n) is 8.16. The molecule has 0 spiro atoms. The number of rotatable bonds is 3. The van der Waals surface area contributed by atoms with Crippen molar-refractivity contribution >= 4 is 0 Å². The lowest BCUT2D eigenvalue weighted by Gasteiger charge is -2.09. The van der Waals surface area contributed by atoms with Crippen molar-refractivity contribution in [3.05, 3.63) is 23.5 Å². The standard InChI is InChI=1S/C11H12N2O/c1-2-8-5-6-13-10(7-12)11(8)14-9-3-4-9/h5-6,9H,2-4H2,1H3. The van der Waals surface area contributed by atoms with Crippen LogP contribution in [0, 0.1) is 11.3 Å². The average Bonchev–Trinajstić information content (AvgIpc) is 3.02. The van der Waals surface area contributed by atoms with Crippen LogP contribution in [-0.4, -0.2) is 11.1 Å². The van der Waals surface area contributed by atoms with Gasteiger partial charge in [0.25, 0.3) is 0 Å². The molecule has 0 aromatic carbocycles. The summed E-state index contributed by atoms with van der Waals surface area (Å²) in [6.07, 6.45) is 5.05. The molecule has 0 aliphatic heterocycles. The van der Waals surface area contributed by atoms with Gasteiger partial charge >= 0.3 is 0 Å². The number of hydrogen-bond acceptors (Lipinski definition) is 3. The summed E-state index contributed by atoms with van der Waals surface area (Å²) in [7, 11) is 0. The van der Waals surface area contributed by atoms with Crippen molar-refractivity contribution in [2.24, 2.45) is 0 Å². The number of pyridine rings is 1. The molecule has 0 saturated heterocycles. The van der Waals surface area contributed by atoms with Crippen molar-refractivity contribution in [1.29, 1.82) is 5.26 Å². The molecule has 2 rings (SSSR count). The predicted molar refractivity (Wildman–Crippen MR) is 52.0 cm³/mol. The van der Waals surface area contributed by atoms with E-state index < -0.39 is 0 Å². The SMILES string of the molecule is CCc1ccnc(C#N)c1OC1CC1. The molecule has 1 aliphatic carbocycles. The molecular weight excluding hydrogens is 176 g/mol. The second-order valence-corrected chi connectivity index (χ2v) is 3.43. The molecule has 1 aromatic heterocycles. The number of nitrogens with zero attached hydrogens (tertiary/aromatic N) is 2. The Balaban J connectivity index is 2.35. The molecule has 1 fully saturated rings. The van der Waals surface area contributed by atoms with Gasteiger partial charge in [-0.1, -0.05) is 6.92 Å². The van der Waals surface area contributed by atoms with Gasteiger partial charge in [0, 0.05) is 6.20 Å². The van der Waals surface area contributed by atoms with Gasteiger partial charge in [0.15, 0.2) is 11.4 Å². The van der Waals surface area contributed by atoms with E-state index in [2.05, 4.69) is 18.0 Å². The summed E-state index contributed by atoms with van der Waals surface area (Å²) in [6.45, 7) is 2.05. The third-order valence-corrected chi connectivity index (χ3v) is 2.28. The summed E-state index contributed by atoms with van der Waals surface area (Å²) in [5, 5.41) is 8.88. The Kier molecular flexibility index (Phi) is 2.36. The number of ether oxygens (including phenoxy) is 1. The van der Waals surface area contributed by atoms with Gasteiger partial charge in [0.1, 0.15) is 6.07 Å². The second kappa shape index (κ2) is 3.67. The van der Waals surface area contributed by atoms with Crippen LogP contribution in [0.15, 0.2) is 12.3 Å². The largest absolute Gasteiger partial charge is 0.487 e. The highest BCUT2D eigenvalue weighted by atomic mass is 16.5. The minimum Gasteiger partial charge on any atom is -0.487 e. The lowest BCUT2D eigenvalue weighted by Crippen LogP contribution is -2.03. The zero-order valence-corrected chi connectivity index (χ0v) is 8.16. The van der Waals surface area contributed by atoms with E-state index in [1.807, 2.05) is 6.07 Å². The number of hydrogen-bond donors (Lipinski definition) is 0. The van der Waals surface area contributed by atoms with Gasteiger partial charge in [-0.25, -0.2) is 4.98 Å². The third-order valence-electron chi connectivity index (χ3n) is 2.28. The van der Waals surface area contributed by atoms with Crippen LogP contribution in [0.4, 0.5) is 0 Å². The van der Waals surface area contributed by atoms with E-state index >= 15 is 0 Å². The molecule has 0 atom stereocenters. The lowest BCUT2D eigenvalue weighted by molar-refractivity contribution is 0.298. The highest BCUT2D eigenvalue weighted by molar-refractivity contribution is 5.43. The second-order valence-electron chi connectivity index (χ2n) is 3.43. The van der Waals surface area contributed by atoms with Gasteiger partial charge in [-0.2, -0.15) is 5.26 Å². The van der Waals surface area contributed by atoms with Crippen LogP contribution in [0.5, 0.6) is 5.75 Å². The minimum absolute atomic E-state index is 0.316. The summed E-state index contributed by atoms with van der Waals surface area (Å²) in [5.74, 6) is 0.694. The van der Waals surface area contributed by atoms with E-state index in [0.717, 1.165) is 24.8 Å². The summed E-state index contributed by atoms with van der Waals surface area (Å²) in [6, 6.07) is 3.98. The van der Waals surface area contributed by atoms with Crippen LogP contribution in [0.1, 0.15) is 31.0 Å². The maximum absolute atomic E-state index is 8.88. The Morgan fingerprint density at radius 1 is 1.64 bits per heavy atom.